The van der Waals surface area contributed by atoms with Crippen molar-refractivity contribution in [3.63, 3.8) is 0 Å². The van der Waals surface area contributed by atoms with Gasteiger partial charge in [0.2, 0.25) is 0 Å². The molecule has 1 aromatic carbocycles. The average Bonchev–Trinajstić information content (AvgIpc) is 3.41. The van der Waals surface area contributed by atoms with Crippen molar-refractivity contribution in [1.29, 1.82) is 5.26 Å². The molecule has 4 rings (SSSR count). The Labute approximate surface area is 178 Å². The number of fused-ring (bicyclic) bond motifs is 1. The lowest BCUT2D eigenvalue weighted by atomic mass is 9.95. The van der Waals surface area contributed by atoms with E-state index in [4.69, 9.17) is 14.7 Å². The van der Waals surface area contributed by atoms with E-state index < -0.39 is 6.10 Å². The van der Waals surface area contributed by atoms with Gasteiger partial charge in [0, 0.05) is 24.7 Å². The number of pyridine rings is 1. The largest absolute Gasteiger partial charge is 0.495 e. The number of rotatable bonds is 7. The molecular formula is C21H20N6O4. The number of carbonyl (C=O) groups is 1. The van der Waals surface area contributed by atoms with E-state index in [1.165, 1.54) is 18.0 Å². The first-order valence-electron chi connectivity index (χ1n) is 9.55. The molecule has 0 spiro atoms. The zero-order valence-electron chi connectivity index (χ0n) is 17.0. The van der Waals surface area contributed by atoms with Crippen molar-refractivity contribution >= 4 is 5.97 Å². The summed E-state index contributed by atoms with van der Waals surface area (Å²) in [6.07, 6.45) is 2.37. The van der Waals surface area contributed by atoms with Crippen molar-refractivity contribution in [3.05, 3.63) is 64.1 Å². The van der Waals surface area contributed by atoms with Gasteiger partial charge in [-0.05, 0) is 24.1 Å². The average molecular weight is 420 g/mol. The number of aromatic nitrogens is 4. The SMILES string of the molecule is COc1cc(-n2cc(CNCC(O)c3ccc4c(c3C)COC4=O)nn2)ncc1C#N. The van der Waals surface area contributed by atoms with Gasteiger partial charge < -0.3 is 19.9 Å². The number of cyclic esters (lactones) is 1. The summed E-state index contributed by atoms with van der Waals surface area (Å²) in [5, 5.41) is 31.0. The molecular weight excluding hydrogens is 400 g/mol. The Morgan fingerprint density at radius 3 is 3.06 bits per heavy atom. The smallest absolute Gasteiger partial charge is 0.338 e. The third-order valence-corrected chi connectivity index (χ3v) is 5.18. The molecule has 1 aliphatic heterocycles. The molecule has 2 N–H and O–H groups in total. The van der Waals surface area contributed by atoms with Gasteiger partial charge in [-0.25, -0.2) is 14.5 Å². The van der Waals surface area contributed by atoms with E-state index >= 15 is 0 Å². The Morgan fingerprint density at radius 1 is 1.45 bits per heavy atom. The predicted molar refractivity (Wildman–Crippen MR) is 107 cm³/mol. The highest BCUT2D eigenvalue weighted by Crippen LogP contribution is 2.28. The maximum Gasteiger partial charge on any atom is 0.338 e. The van der Waals surface area contributed by atoms with Gasteiger partial charge in [0.15, 0.2) is 5.82 Å². The van der Waals surface area contributed by atoms with Gasteiger partial charge in [0.05, 0.1) is 36.9 Å². The standard InChI is InChI=1S/C21H20N6O4/c1-12-15(3-4-16-17(12)11-31-21(16)29)18(28)9-23-8-14-10-27(26-25-14)20-5-19(30-2)13(6-22)7-24-20/h3-5,7,10,18,23,28H,8-9,11H2,1-2H3. The Morgan fingerprint density at radius 2 is 2.29 bits per heavy atom. The summed E-state index contributed by atoms with van der Waals surface area (Å²) < 4.78 is 11.7. The lowest BCUT2D eigenvalue weighted by molar-refractivity contribution is 0.0535. The minimum absolute atomic E-state index is 0.241. The molecule has 1 atom stereocenters. The number of benzene rings is 1. The monoisotopic (exact) mass is 420 g/mol. The molecule has 158 valence electrons. The van der Waals surface area contributed by atoms with Crippen LogP contribution < -0.4 is 10.1 Å². The molecule has 1 aliphatic rings. The third-order valence-electron chi connectivity index (χ3n) is 5.18. The van der Waals surface area contributed by atoms with Crippen LogP contribution in [0, 0.1) is 18.3 Å². The van der Waals surface area contributed by atoms with Crippen molar-refractivity contribution in [2.45, 2.75) is 26.2 Å². The summed E-state index contributed by atoms with van der Waals surface area (Å²) in [5.41, 5.74) is 3.99. The van der Waals surface area contributed by atoms with E-state index in [-0.39, 0.29) is 12.6 Å². The molecule has 10 heteroatoms. The second kappa shape index (κ2) is 8.51. The van der Waals surface area contributed by atoms with Crippen LogP contribution in [0.2, 0.25) is 0 Å². The Hall–Kier alpha value is -3.81. The molecule has 0 saturated heterocycles. The number of hydrogen-bond donors (Lipinski definition) is 2. The molecule has 3 heterocycles. The summed E-state index contributed by atoms with van der Waals surface area (Å²) in [4.78, 5) is 15.9. The van der Waals surface area contributed by atoms with Crippen LogP contribution in [0.3, 0.4) is 0 Å². The minimum Gasteiger partial charge on any atom is -0.495 e. The lowest BCUT2D eigenvalue weighted by Crippen LogP contribution is -2.22. The van der Waals surface area contributed by atoms with Crippen LogP contribution >= 0.6 is 0 Å². The van der Waals surface area contributed by atoms with E-state index in [9.17, 15) is 9.90 Å². The molecule has 31 heavy (non-hydrogen) atoms. The maximum atomic E-state index is 11.7. The number of nitrogens with zero attached hydrogens (tertiary/aromatic N) is 5. The van der Waals surface area contributed by atoms with Crippen LogP contribution in [0.15, 0.2) is 30.6 Å². The number of esters is 1. The van der Waals surface area contributed by atoms with Gasteiger partial charge in [-0.15, -0.1) is 5.10 Å². The molecule has 0 saturated carbocycles. The summed E-state index contributed by atoms with van der Waals surface area (Å²) >= 11 is 0. The van der Waals surface area contributed by atoms with Gasteiger partial charge in [-0.3, -0.25) is 0 Å². The van der Waals surface area contributed by atoms with Crippen molar-refractivity contribution in [2.75, 3.05) is 13.7 Å². The molecule has 1 unspecified atom stereocenters. The number of aliphatic hydroxyl groups excluding tert-OH is 1. The molecule has 0 amide bonds. The van der Waals surface area contributed by atoms with Crippen molar-refractivity contribution in [2.24, 2.45) is 0 Å². The zero-order chi connectivity index (χ0) is 22.0. The van der Waals surface area contributed by atoms with Crippen LogP contribution in [0.1, 0.15) is 44.4 Å². The first-order valence-corrected chi connectivity index (χ1v) is 9.55. The van der Waals surface area contributed by atoms with E-state index in [0.717, 1.165) is 16.7 Å². The number of nitrogens with one attached hydrogen (secondary N) is 1. The van der Waals surface area contributed by atoms with Crippen molar-refractivity contribution in [1.82, 2.24) is 25.3 Å². The molecule has 10 nitrogen and oxygen atoms in total. The second-order valence-electron chi connectivity index (χ2n) is 7.04. The maximum absolute atomic E-state index is 11.7. The quantitative estimate of drug-likeness (QED) is 0.543. The van der Waals surface area contributed by atoms with Gasteiger partial charge in [-0.1, -0.05) is 11.3 Å². The van der Waals surface area contributed by atoms with Crippen molar-refractivity contribution in [3.8, 4) is 17.6 Å². The Bertz CT molecular complexity index is 1180. The molecule has 0 fully saturated rings. The summed E-state index contributed by atoms with van der Waals surface area (Å²) in [6.45, 7) is 2.80. The number of hydrogen-bond acceptors (Lipinski definition) is 9. The topological polar surface area (TPSA) is 135 Å². The molecule has 0 radical (unpaired) electrons. The Kier molecular flexibility index (Phi) is 5.62. The normalized spacial score (nSPS) is 13.4. The first kappa shape index (κ1) is 20.5. The fourth-order valence-corrected chi connectivity index (χ4v) is 3.47. The first-order chi connectivity index (χ1) is 15.0. The summed E-state index contributed by atoms with van der Waals surface area (Å²) in [6, 6.07) is 7.07. The van der Waals surface area contributed by atoms with Crippen LogP contribution in [0.5, 0.6) is 5.75 Å². The molecule has 0 bridgehead atoms. The highest BCUT2D eigenvalue weighted by molar-refractivity contribution is 5.93. The van der Waals surface area contributed by atoms with Gasteiger partial charge in [0.25, 0.3) is 0 Å². The number of aliphatic hydroxyl groups is 1. The van der Waals surface area contributed by atoms with Crippen LogP contribution in [-0.2, 0) is 17.9 Å². The van der Waals surface area contributed by atoms with E-state index in [1.54, 1.807) is 24.4 Å². The molecule has 0 aliphatic carbocycles. The second-order valence-corrected chi connectivity index (χ2v) is 7.04. The highest BCUT2D eigenvalue weighted by Gasteiger charge is 2.25. The van der Waals surface area contributed by atoms with Crippen LogP contribution in [0.4, 0.5) is 0 Å². The molecule has 3 aromatic rings. The van der Waals surface area contributed by atoms with Crippen molar-refractivity contribution < 1.29 is 19.4 Å². The lowest BCUT2D eigenvalue weighted by Gasteiger charge is -2.16. The number of methoxy groups -OCH3 is 1. The number of ether oxygens (including phenoxy) is 2. The summed E-state index contributed by atoms with van der Waals surface area (Å²) in [5.74, 6) is 0.553. The van der Waals surface area contributed by atoms with Crippen LogP contribution in [0.25, 0.3) is 5.82 Å². The fourth-order valence-electron chi connectivity index (χ4n) is 3.47. The van der Waals surface area contributed by atoms with Gasteiger partial charge in [0.1, 0.15) is 24.0 Å². The summed E-state index contributed by atoms with van der Waals surface area (Å²) in [7, 11) is 1.48. The van der Waals surface area contributed by atoms with E-state index in [0.29, 0.717) is 41.5 Å². The third kappa shape index (κ3) is 3.96. The number of nitriles is 1. The predicted octanol–water partition coefficient (Wildman–Crippen LogP) is 1.34. The van der Waals surface area contributed by atoms with E-state index in [2.05, 4.69) is 20.6 Å². The van der Waals surface area contributed by atoms with Crippen LogP contribution in [-0.4, -0.2) is 44.7 Å². The van der Waals surface area contributed by atoms with E-state index in [1.807, 2.05) is 13.0 Å². The highest BCUT2D eigenvalue weighted by atomic mass is 16.5. The zero-order valence-corrected chi connectivity index (χ0v) is 17.0. The Balaban J connectivity index is 1.39. The minimum atomic E-state index is -0.750. The van der Waals surface area contributed by atoms with Gasteiger partial charge in [-0.2, -0.15) is 5.26 Å². The molecule has 2 aromatic heterocycles. The fraction of sp³-hybridized carbons (Fsp3) is 0.286. The van der Waals surface area contributed by atoms with Gasteiger partial charge >= 0.3 is 5.97 Å². The number of carbonyl (C=O) groups excluding carboxylic acids is 1.